The fourth-order valence-electron chi connectivity index (χ4n) is 8.27. The standard InChI is InChI=1S/C29H52O/c1-20(2)15-17-28(6)23(5)11-12-24-26-14-13-25(29(26,7)18-16-27(24)28)22(4)10-8-9-21(3)19-30/h11,20-22,24-27,30H,8-10,12-19H2,1-7H3. The van der Waals surface area contributed by atoms with Crippen molar-refractivity contribution < 1.29 is 5.11 Å². The first-order valence-corrected chi connectivity index (χ1v) is 13.4. The van der Waals surface area contributed by atoms with Gasteiger partial charge in [0, 0.05) is 6.61 Å². The molecule has 0 aromatic carbocycles. The van der Waals surface area contributed by atoms with Gasteiger partial charge in [-0.05, 0) is 104 Å². The second-order valence-corrected chi connectivity index (χ2v) is 12.8. The zero-order valence-corrected chi connectivity index (χ0v) is 21.3. The Bertz CT molecular complexity index is 591. The maximum absolute atomic E-state index is 9.34. The van der Waals surface area contributed by atoms with Crippen molar-refractivity contribution in [1.82, 2.24) is 0 Å². The quantitative estimate of drug-likeness (QED) is 0.375. The van der Waals surface area contributed by atoms with Gasteiger partial charge in [-0.1, -0.05) is 72.5 Å². The van der Waals surface area contributed by atoms with E-state index in [1.54, 1.807) is 5.57 Å². The summed E-state index contributed by atoms with van der Waals surface area (Å²) in [5.41, 5.74) is 2.72. The van der Waals surface area contributed by atoms with Gasteiger partial charge in [-0.2, -0.15) is 0 Å². The van der Waals surface area contributed by atoms with Crippen LogP contribution >= 0.6 is 0 Å². The molecular formula is C29H52O. The molecule has 3 aliphatic rings. The molecular weight excluding hydrogens is 364 g/mol. The van der Waals surface area contributed by atoms with Crippen LogP contribution in [-0.2, 0) is 0 Å². The number of aliphatic hydroxyl groups excluding tert-OH is 1. The minimum Gasteiger partial charge on any atom is -0.396 e. The van der Waals surface area contributed by atoms with Gasteiger partial charge in [0.15, 0.2) is 0 Å². The fourth-order valence-corrected chi connectivity index (χ4v) is 8.27. The lowest BCUT2D eigenvalue weighted by Gasteiger charge is -2.57. The summed E-state index contributed by atoms with van der Waals surface area (Å²) in [6.07, 6.45) is 16.5. The topological polar surface area (TPSA) is 20.2 Å². The molecule has 0 bridgehead atoms. The van der Waals surface area contributed by atoms with Crippen molar-refractivity contribution in [3.8, 4) is 0 Å². The van der Waals surface area contributed by atoms with E-state index in [4.69, 9.17) is 0 Å². The molecule has 2 fully saturated rings. The first kappa shape index (κ1) is 24.3. The molecule has 2 saturated carbocycles. The minimum atomic E-state index is 0.350. The summed E-state index contributed by atoms with van der Waals surface area (Å²) < 4.78 is 0. The van der Waals surface area contributed by atoms with Gasteiger partial charge in [0.25, 0.3) is 0 Å². The van der Waals surface area contributed by atoms with E-state index in [-0.39, 0.29) is 0 Å². The van der Waals surface area contributed by atoms with E-state index in [0.29, 0.717) is 23.4 Å². The Morgan fingerprint density at radius 3 is 2.40 bits per heavy atom. The fraction of sp³-hybridized carbons (Fsp3) is 0.931. The van der Waals surface area contributed by atoms with Crippen LogP contribution in [-0.4, -0.2) is 11.7 Å². The molecule has 0 aliphatic heterocycles. The van der Waals surface area contributed by atoms with E-state index < -0.39 is 0 Å². The smallest absolute Gasteiger partial charge is 0.0456 e. The zero-order chi connectivity index (χ0) is 22.1. The lowest BCUT2D eigenvalue weighted by molar-refractivity contribution is -0.0468. The third-order valence-electron chi connectivity index (χ3n) is 10.5. The Morgan fingerprint density at radius 2 is 1.73 bits per heavy atom. The molecule has 0 spiro atoms. The molecule has 8 unspecified atom stereocenters. The van der Waals surface area contributed by atoms with Gasteiger partial charge in [-0.15, -0.1) is 0 Å². The highest BCUT2D eigenvalue weighted by Gasteiger charge is 2.58. The maximum Gasteiger partial charge on any atom is 0.0456 e. The van der Waals surface area contributed by atoms with Crippen molar-refractivity contribution in [3.05, 3.63) is 11.6 Å². The van der Waals surface area contributed by atoms with Crippen molar-refractivity contribution in [2.45, 2.75) is 113 Å². The predicted molar refractivity (Wildman–Crippen MR) is 130 cm³/mol. The summed E-state index contributed by atoms with van der Waals surface area (Å²) in [6, 6.07) is 0. The highest BCUT2D eigenvalue weighted by Crippen LogP contribution is 2.66. The molecule has 0 heterocycles. The van der Waals surface area contributed by atoms with Crippen LogP contribution in [0.3, 0.4) is 0 Å². The average molecular weight is 417 g/mol. The summed E-state index contributed by atoms with van der Waals surface area (Å²) in [4.78, 5) is 0. The van der Waals surface area contributed by atoms with Crippen LogP contribution in [0, 0.1) is 52.3 Å². The maximum atomic E-state index is 9.34. The van der Waals surface area contributed by atoms with E-state index in [0.717, 1.165) is 35.5 Å². The third-order valence-corrected chi connectivity index (χ3v) is 10.5. The summed E-state index contributed by atoms with van der Waals surface area (Å²) in [6.45, 7) is 17.6. The summed E-state index contributed by atoms with van der Waals surface area (Å²) in [7, 11) is 0. The van der Waals surface area contributed by atoms with Crippen LogP contribution in [0.4, 0.5) is 0 Å². The van der Waals surface area contributed by atoms with Crippen LogP contribution in [0.2, 0.25) is 0 Å². The van der Waals surface area contributed by atoms with E-state index in [1.807, 2.05) is 0 Å². The monoisotopic (exact) mass is 416 g/mol. The van der Waals surface area contributed by atoms with Gasteiger partial charge in [0.05, 0.1) is 0 Å². The van der Waals surface area contributed by atoms with Gasteiger partial charge in [0.1, 0.15) is 0 Å². The molecule has 30 heavy (non-hydrogen) atoms. The van der Waals surface area contributed by atoms with Crippen molar-refractivity contribution >= 4 is 0 Å². The van der Waals surface area contributed by atoms with Gasteiger partial charge in [-0.3, -0.25) is 0 Å². The van der Waals surface area contributed by atoms with E-state index in [9.17, 15) is 5.11 Å². The highest BCUT2D eigenvalue weighted by molar-refractivity contribution is 5.21. The Labute approximate surface area is 188 Å². The average Bonchev–Trinajstić information content (AvgIpc) is 3.06. The molecule has 0 saturated heterocycles. The molecule has 0 amide bonds. The highest BCUT2D eigenvalue weighted by atomic mass is 16.3. The van der Waals surface area contributed by atoms with Crippen LogP contribution in [0.15, 0.2) is 11.6 Å². The summed E-state index contributed by atoms with van der Waals surface area (Å²) >= 11 is 0. The number of allylic oxidation sites excluding steroid dienone is 2. The summed E-state index contributed by atoms with van der Waals surface area (Å²) in [5.74, 6) is 5.84. The Balaban J connectivity index is 1.70. The van der Waals surface area contributed by atoms with Gasteiger partial charge in [-0.25, -0.2) is 0 Å². The van der Waals surface area contributed by atoms with Gasteiger partial charge >= 0.3 is 0 Å². The number of fused-ring (bicyclic) bond motifs is 3. The number of hydrogen-bond donors (Lipinski definition) is 1. The number of aliphatic hydroxyl groups is 1. The van der Waals surface area contributed by atoms with Gasteiger partial charge in [0.2, 0.25) is 0 Å². The van der Waals surface area contributed by atoms with Crippen LogP contribution < -0.4 is 0 Å². The van der Waals surface area contributed by atoms with Gasteiger partial charge < -0.3 is 5.11 Å². The second-order valence-electron chi connectivity index (χ2n) is 12.8. The molecule has 1 N–H and O–H groups in total. The van der Waals surface area contributed by atoms with Crippen LogP contribution in [0.5, 0.6) is 0 Å². The number of rotatable bonds is 9. The Kier molecular flexibility index (Phi) is 7.85. The van der Waals surface area contributed by atoms with E-state index in [2.05, 4.69) is 54.5 Å². The molecule has 8 atom stereocenters. The number of hydrogen-bond acceptors (Lipinski definition) is 1. The summed E-state index contributed by atoms with van der Waals surface area (Å²) in [5, 5.41) is 9.34. The van der Waals surface area contributed by atoms with E-state index in [1.165, 1.54) is 64.2 Å². The van der Waals surface area contributed by atoms with Crippen molar-refractivity contribution in [1.29, 1.82) is 0 Å². The molecule has 174 valence electrons. The molecule has 0 aromatic rings. The minimum absolute atomic E-state index is 0.350. The van der Waals surface area contributed by atoms with Crippen LogP contribution in [0.25, 0.3) is 0 Å². The Morgan fingerprint density at radius 1 is 1.00 bits per heavy atom. The molecule has 0 radical (unpaired) electrons. The zero-order valence-electron chi connectivity index (χ0n) is 21.3. The second kappa shape index (κ2) is 9.68. The normalized spacial score (nSPS) is 40.6. The third kappa shape index (κ3) is 4.57. The molecule has 3 aliphatic carbocycles. The molecule has 1 heteroatoms. The lowest BCUT2D eigenvalue weighted by Crippen LogP contribution is -2.49. The van der Waals surface area contributed by atoms with Crippen molar-refractivity contribution in [2.24, 2.45) is 52.3 Å². The molecule has 3 rings (SSSR count). The SMILES string of the molecule is CC1=CCC2C(CCC3(C)C(C(C)CCCC(C)CO)CCC23)C1(C)CCC(C)C. The predicted octanol–water partition coefficient (Wildman–Crippen LogP) is 8.27. The molecule has 0 aromatic heterocycles. The lowest BCUT2D eigenvalue weighted by atomic mass is 9.48. The largest absolute Gasteiger partial charge is 0.396 e. The first-order valence-electron chi connectivity index (χ1n) is 13.4. The van der Waals surface area contributed by atoms with Crippen LogP contribution in [0.1, 0.15) is 113 Å². The molecule has 1 nitrogen and oxygen atoms in total. The first-order chi connectivity index (χ1) is 14.1. The van der Waals surface area contributed by atoms with Crippen molar-refractivity contribution in [3.63, 3.8) is 0 Å². The van der Waals surface area contributed by atoms with E-state index >= 15 is 0 Å². The Hall–Kier alpha value is -0.300. The van der Waals surface area contributed by atoms with Crippen molar-refractivity contribution in [2.75, 3.05) is 6.61 Å².